The van der Waals surface area contributed by atoms with E-state index in [0.29, 0.717) is 0 Å². The summed E-state index contributed by atoms with van der Waals surface area (Å²) in [7, 11) is 0. The van der Waals surface area contributed by atoms with Gasteiger partial charge in [-0.05, 0) is 27.7 Å². The zero-order chi connectivity index (χ0) is 18.6. The predicted molar refractivity (Wildman–Crippen MR) is 97.4 cm³/mol. The highest BCUT2D eigenvalue weighted by molar-refractivity contribution is 5.81. The highest BCUT2D eigenvalue weighted by atomic mass is 16.6. The highest BCUT2D eigenvalue weighted by Gasteiger charge is 2.30. The van der Waals surface area contributed by atoms with Gasteiger partial charge in [0.15, 0.2) is 0 Å². The summed E-state index contributed by atoms with van der Waals surface area (Å²) in [6.45, 7) is 11.0. The van der Waals surface area contributed by atoms with E-state index in [1.807, 2.05) is 39.8 Å². The van der Waals surface area contributed by atoms with Crippen LogP contribution in [0.5, 0.6) is 0 Å². The average molecular weight is 348 g/mol. The number of nitrogens with one attached hydrogen (secondary N) is 1. The standard InChI is InChI=1S/C18H28N4O3/c1-13(2)19-18(23)15(4)21-11-9-20(10-12-21)14(3)16-7-5-6-8-17(16)22(24)25/h5-8,13-15H,9-12H2,1-4H3,(H,19,23)/t14-,15+/m0/s1. The van der Waals surface area contributed by atoms with Crippen molar-refractivity contribution in [1.82, 2.24) is 15.1 Å². The Balaban J connectivity index is 1.98. The molecule has 0 aromatic heterocycles. The predicted octanol–water partition coefficient (Wildman–Crippen LogP) is 2.19. The van der Waals surface area contributed by atoms with E-state index < -0.39 is 0 Å². The van der Waals surface area contributed by atoms with Crippen LogP contribution in [0.4, 0.5) is 5.69 Å². The van der Waals surface area contributed by atoms with E-state index in [1.54, 1.807) is 12.1 Å². The first-order valence-electron chi connectivity index (χ1n) is 8.83. The molecule has 0 saturated carbocycles. The molecule has 7 heteroatoms. The van der Waals surface area contributed by atoms with Crippen molar-refractivity contribution in [2.24, 2.45) is 0 Å². The average Bonchev–Trinajstić information content (AvgIpc) is 2.60. The number of piperazine rings is 1. The molecular formula is C18H28N4O3. The number of rotatable bonds is 6. The summed E-state index contributed by atoms with van der Waals surface area (Å²) in [4.78, 5) is 27.5. The number of nitro groups is 1. The zero-order valence-corrected chi connectivity index (χ0v) is 15.4. The summed E-state index contributed by atoms with van der Waals surface area (Å²) in [5.41, 5.74) is 0.911. The topological polar surface area (TPSA) is 78.7 Å². The molecule has 1 heterocycles. The summed E-state index contributed by atoms with van der Waals surface area (Å²) in [5.74, 6) is 0.0511. The van der Waals surface area contributed by atoms with Crippen LogP contribution in [0.15, 0.2) is 24.3 Å². The number of amides is 1. The van der Waals surface area contributed by atoms with Crippen LogP contribution in [0.3, 0.4) is 0 Å². The highest BCUT2D eigenvalue weighted by Crippen LogP contribution is 2.29. The van der Waals surface area contributed by atoms with Crippen molar-refractivity contribution >= 4 is 11.6 Å². The van der Waals surface area contributed by atoms with Crippen molar-refractivity contribution in [2.75, 3.05) is 26.2 Å². The molecule has 25 heavy (non-hydrogen) atoms. The Labute approximate surface area is 149 Å². The summed E-state index contributed by atoms with van der Waals surface area (Å²) in [6, 6.07) is 6.87. The van der Waals surface area contributed by atoms with Crippen LogP contribution < -0.4 is 5.32 Å². The zero-order valence-electron chi connectivity index (χ0n) is 15.4. The van der Waals surface area contributed by atoms with Crippen molar-refractivity contribution in [3.8, 4) is 0 Å². The Hall–Kier alpha value is -1.99. The second-order valence-corrected chi connectivity index (χ2v) is 6.90. The van der Waals surface area contributed by atoms with E-state index in [2.05, 4.69) is 15.1 Å². The molecule has 7 nitrogen and oxygen atoms in total. The first-order chi connectivity index (χ1) is 11.8. The maximum Gasteiger partial charge on any atom is 0.274 e. The van der Waals surface area contributed by atoms with Crippen molar-refractivity contribution in [3.05, 3.63) is 39.9 Å². The lowest BCUT2D eigenvalue weighted by atomic mass is 10.0. The molecule has 138 valence electrons. The Kier molecular flexibility index (Phi) is 6.50. The lowest BCUT2D eigenvalue weighted by Gasteiger charge is -2.40. The van der Waals surface area contributed by atoms with Gasteiger partial charge in [0.25, 0.3) is 5.69 Å². The minimum Gasteiger partial charge on any atom is -0.353 e. The van der Waals surface area contributed by atoms with E-state index >= 15 is 0 Å². The SMILES string of the molecule is CC(C)NC(=O)[C@@H](C)N1CCN([C@@H](C)c2ccccc2[N+](=O)[O-])CC1. The smallest absolute Gasteiger partial charge is 0.274 e. The van der Waals surface area contributed by atoms with Gasteiger partial charge >= 0.3 is 0 Å². The number of para-hydroxylation sites is 1. The number of hydrogen-bond donors (Lipinski definition) is 1. The summed E-state index contributed by atoms with van der Waals surface area (Å²) < 4.78 is 0. The molecule has 0 radical (unpaired) electrons. The Bertz CT molecular complexity index is 612. The maximum atomic E-state index is 12.2. The number of nitro benzene ring substituents is 1. The summed E-state index contributed by atoms with van der Waals surface area (Å²) in [5, 5.41) is 14.2. The summed E-state index contributed by atoms with van der Waals surface area (Å²) >= 11 is 0. The fourth-order valence-electron chi connectivity index (χ4n) is 3.29. The minimum atomic E-state index is -0.319. The molecule has 0 spiro atoms. The molecule has 1 saturated heterocycles. The molecular weight excluding hydrogens is 320 g/mol. The van der Waals surface area contributed by atoms with Crippen LogP contribution in [0.2, 0.25) is 0 Å². The number of carbonyl (C=O) groups is 1. The molecule has 0 unspecified atom stereocenters. The van der Waals surface area contributed by atoms with Crippen molar-refractivity contribution in [1.29, 1.82) is 0 Å². The van der Waals surface area contributed by atoms with Gasteiger partial charge in [-0.25, -0.2) is 0 Å². The maximum absolute atomic E-state index is 12.2. The molecule has 1 N–H and O–H groups in total. The molecule has 0 bridgehead atoms. The number of hydrogen-bond acceptors (Lipinski definition) is 5. The Morgan fingerprint density at radius 3 is 2.20 bits per heavy atom. The van der Waals surface area contributed by atoms with Crippen LogP contribution in [-0.4, -0.2) is 58.9 Å². The van der Waals surface area contributed by atoms with Gasteiger partial charge in [-0.2, -0.15) is 0 Å². The number of carbonyl (C=O) groups excluding carboxylic acids is 1. The molecule has 1 aromatic rings. The molecule has 0 aliphatic carbocycles. The fourth-order valence-corrected chi connectivity index (χ4v) is 3.29. The van der Waals surface area contributed by atoms with Gasteiger partial charge in [0.2, 0.25) is 5.91 Å². The van der Waals surface area contributed by atoms with Gasteiger partial charge < -0.3 is 5.32 Å². The quantitative estimate of drug-likeness (QED) is 0.630. The molecule has 2 rings (SSSR count). The number of benzene rings is 1. The first kappa shape index (κ1) is 19.3. The second-order valence-electron chi connectivity index (χ2n) is 6.90. The second kappa shape index (κ2) is 8.40. The molecule has 1 fully saturated rings. The first-order valence-corrected chi connectivity index (χ1v) is 8.83. The Morgan fingerprint density at radius 1 is 1.08 bits per heavy atom. The molecule has 1 aliphatic rings. The van der Waals surface area contributed by atoms with Crippen LogP contribution in [0.1, 0.15) is 39.3 Å². The third-order valence-electron chi connectivity index (χ3n) is 4.84. The van der Waals surface area contributed by atoms with Crippen LogP contribution in [0.25, 0.3) is 0 Å². The lowest BCUT2D eigenvalue weighted by molar-refractivity contribution is -0.386. The summed E-state index contributed by atoms with van der Waals surface area (Å²) in [6.07, 6.45) is 0. The van der Waals surface area contributed by atoms with E-state index in [0.717, 1.165) is 31.7 Å². The largest absolute Gasteiger partial charge is 0.353 e. The Morgan fingerprint density at radius 2 is 1.64 bits per heavy atom. The molecule has 1 aromatic carbocycles. The minimum absolute atomic E-state index is 0.0245. The monoisotopic (exact) mass is 348 g/mol. The molecule has 1 amide bonds. The van der Waals surface area contributed by atoms with Gasteiger partial charge in [-0.15, -0.1) is 0 Å². The third-order valence-corrected chi connectivity index (χ3v) is 4.84. The van der Waals surface area contributed by atoms with E-state index in [4.69, 9.17) is 0 Å². The molecule has 1 aliphatic heterocycles. The fraction of sp³-hybridized carbons (Fsp3) is 0.611. The van der Waals surface area contributed by atoms with E-state index in [-0.39, 0.29) is 34.6 Å². The number of nitrogens with zero attached hydrogens (tertiary/aromatic N) is 3. The van der Waals surface area contributed by atoms with Gasteiger partial charge in [0.1, 0.15) is 0 Å². The normalized spacial score (nSPS) is 18.8. The van der Waals surface area contributed by atoms with Gasteiger partial charge in [0.05, 0.1) is 11.0 Å². The molecule has 2 atom stereocenters. The third kappa shape index (κ3) is 4.76. The van der Waals surface area contributed by atoms with Crippen LogP contribution in [-0.2, 0) is 4.79 Å². The van der Waals surface area contributed by atoms with Crippen molar-refractivity contribution in [3.63, 3.8) is 0 Å². The van der Waals surface area contributed by atoms with E-state index in [1.165, 1.54) is 0 Å². The van der Waals surface area contributed by atoms with Gasteiger partial charge in [-0.1, -0.05) is 18.2 Å². The van der Waals surface area contributed by atoms with Crippen LogP contribution in [0, 0.1) is 10.1 Å². The van der Waals surface area contributed by atoms with Gasteiger partial charge in [0, 0.05) is 49.9 Å². The van der Waals surface area contributed by atoms with Gasteiger partial charge in [-0.3, -0.25) is 24.7 Å². The van der Waals surface area contributed by atoms with E-state index in [9.17, 15) is 14.9 Å². The van der Waals surface area contributed by atoms with Crippen LogP contribution >= 0.6 is 0 Å². The van der Waals surface area contributed by atoms with Crippen molar-refractivity contribution < 1.29 is 9.72 Å². The lowest BCUT2D eigenvalue weighted by Crippen LogP contribution is -2.54. The van der Waals surface area contributed by atoms with Crippen molar-refractivity contribution in [2.45, 2.75) is 45.8 Å².